The van der Waals surface area contributed by atoms with Crippen molar-refractivity contribution in [2.24, 2.45) is 0 Å². The lowest BCUT2D eigenvalue weighted by atomic mass is 10.1. The summed E-state index contributed by atoms with van der Waals surface area (Å²) in [5.74, 6) is 1.34. The Morgan fingerprint density at radius 2 is 1.90 bits per heavy atom. The number of thioether (sulfide) groups is 1. The number of benzene rings is 2. The smallest absolute Gasteiger partial charge is 0.291 e. The van der Waals surface area contributed by atoms with Gasteiger partial charge in [-0.2, -0.15) is 0 Å². The molecule has 1 heterocycles. The average Bonchev–Trinajstić information content (AvgIpc) is 2.76. The monoisotopic (exact) mass is 412 g/mol. The fraction of sp³-hybridized carbons (Fsp3) is 0.273. The molecule has 2 N–H and O–H groups in total. The number of nitrogens with one attached hydrogen (secondary N) is 2. The number of hydrogen-bond donors (Lipinski definition) is 2. The number of amides is 2. The minimum absolute atomic E-state index is 0.236. The second-order valence-electron chi connectivity index (χ2n) is 6.28. The zero-order chi connectivity index (χ0) is 20.5. The molecule has 0 fully saturated rings. The number of carbonyl (C=O) groups excluding carboxylic acids is 2. The Morgan fingerprint density at radius 3 is 2.62 bits per heavy atom. The van der Waals surface area contributed by atoms with Crippen molar-refractivity contribution in [2.45, 2.75) is 13.3 Å². The molecule has 6 nitrogen and oxygen atoms in total. The van der Waals surface area contributed by atoms with E-state index in [1.807, 2.05) is 31.2 Å². The summed E-state index contributed by atoms with van der Waals surface area (Å²) >= 11 is 1.53. The van der Waals surface area contributed by atoms with Crippen LogP contribution >= 0.6 is 11.8 Å². The molecule has 7 heteroatoms. The maximum Gasteiger partial charge on any atom is 0.291 e. The van der Waals surface area contributed by atoms with Crippen molar-refractivity contribution in [1.82, 2.24) is 5.32 Å². The van der Waals surface area contributed by atoms with Crippen molar-refractivity contribution in [1.29, 1.82) is 0 Å². The van der Waals surface area contributed by atoms with E-state index in [0.717, 1.165) is 17.1 Å². The third kappa shape index (κ3) is 6.02. The molecule has 2 amide bonds. The van der Waals surface area contributed by atoms with Crippen molar-refractivity contribution >= 4 is 29.3 Å². The standard InChI is InChI=1S/C22H24N2O4S/c1-2-27-17-9-7-16(8-10-17)11-12-23-21(25)18-5-3-4-6-19(18)24-22(26)20-15-29-14-13-28-20/h3-10,15H,2,11-14H2,1H3,(H,23,25)(H,24,26). The van der Waals surface area contributed by atoms with Crippen molar-refractivity contribution in [3.05, 3.63) is 70.8 Å². The quantitative estimate of drug-likeness (QED) is 0.693. The molecule has 0 radical (unpaired) electrons. The molecule has 1 aliphatic heterocycles. The maximum atomic E-state index is 12.6. The van der Waals surface area contributed by atoms with E-state index < -0.39 is 0 Å². The van der Waals surface area contributed by atoms with E-state index in [4.69, 9.17) is 9.47 Å². The van der Waals surface area contributed by atoms with Gasteiger partial charge in [-0.3, -0.25) is 9.59 Å². The van der Waals surface area contributed by atoms with Crippen molar-refractivity contribution < 1.29 is 19.1 Å². The maximum absolute atomic E-state index is 12.6. The highest BCUT2D eigenvalue weighted by molar-refractivity contribution is 8.02. The molecular formula is C22H24N2O4S. The van der Waals surface area contributed by atoms with Crippen molar-refractivity contribution in [3.63, 3.8) is 0 Å². The van der Waals surface area contributed by atoms with Gasteiger partial charge in [-0.1, -0.05) is 24.3 Å². The van der Waals surface area contributed by atoms with Gasteiger partial charge in [-0.05, 0) is 43.2 Å². The third-order valence-corrected chi connectivity index (χ3v) is 5.01. The number of anilines is 1. The zero-order valence-electron chi connectivity index (χ0n) is 16.3. The van der Waals surface area contributed by atoms with Gasteiger partial charge in [0.15, 0.2) is 5.76 Å². The van der Waals surface area contributed by atoms with Gasteiger partial charge in [-0.25, -0.2) is 0 Å². The molecule has 2 aromatic rings. The zero-order valence-corrected chi connectivity index (χ0v) is 17.1. The van der Waals surface area contributed by atoms with Crippen LogP contribution < -0.4 is 15.4 Å². The molecule has 152 valence electrons. The lowest BCUT2D eigenvalue weighted by Crippen LogP contribution is -2.27. The molecule has 0 atom stereocenters. The first-order valence-corrected chi connectivity index (χ1v) is 10.6. The van der Waals surface area contributed by atoms with E-state index in [2.05, 4.69) is 10.6 Å². The minimum Gasteiger partial charge on any atom is -0.494 e. The summed E-state index contributed by atoms with van der Waals surface area (Å²) in [6.07, 6.45) is 0.699. The predicted molar refractivity (Wildman–Crippen MR) is 115 cm³/mol. The predicted octanol–water partition coefficient (Wildman–Crippen LogP) is 3.60. The van der Waals surface area contributed by atoms with Gasteiger partial charge in [-0.15, -0.1) is 11.8 Å². The summed E-state index contributed by atoms with van der Waals surface area (Å²) in [4.78, 5) is 25.0. The summed E-state index contributed by atoms with van der Waals surface area (Å²) in [6, 6.07) is 14.8. The number of hydrogen-bond acceptors (Lipinski definition) is 5. The molecule has 0 aromatic heterocycles. The Hall–Kier alpha value is -2.93. The molecule has 3 rings (SSSR count). The van der Waals surface area contributed by atoms with Crippen molar-refractivity contribution in [3.8, 4) is 5.75 Å². The molecule has 0 bridgehead atoms. The summed E-state index contributed by atoms with van der Waals surface area (Å²) < 4.78 is 10.8. The van der Waals surface area contributed by atoms with Crippen LogP contribution in [0.2, 0.25) is 0 Å². The van der Waals surface area contributed by atoms with Gasteiger partial charge in [0.25, 0.3) is 11.8 Å². The Kier molecular flexibility index (Phi) is 7.58. The highest BCUT2D eigenvalue weighted by Crippen LogP contribution is 2.20. The molecule has 29 heavy (non-hydrogen) atoms. The highest BCUT2D eigenvalue weighted by Gasteiger charge is 2.18. The van der Waals surface area contributed by atoms with Crippen molar-refractivity contribution in [2.75, 3.05) is 30.8 Å². The molecular weight excluding hydrogens is 388 g/mol. The van der Waals surface area contributed by atoms with Crippen LogP contribution in [0.25, 0.3) is 0 Å². The van der Waals surface area contributed by atoms with Crippen LogP contribution in [0.5, 0.6) is 5.75 Å². The van der Waals surface area contributed by atoms with Crippen LogP contribution in [-0.2, 0) is 16.0 Å². The van der Waals surface area contributed by atoms with Gasteiger partial charge >= 0.3 is 0 Å². The minimum atomic E-state index is -0.355. The molecule has 0 unspecified atom stereocenters. The fourth-order valence-corrected chi connectivity index (χ4v) is 3.42. The molecule has 0 saturated carbocycles. The molecule has 2 aromatic carbocycles. The number of rotatable bonds is 8. The van der Waals surface area contributed by atoms with E-state index in [1.54, 1.807) is 29.7 Å². The summed E-state index contributed by atoms with van der Waals surface area (Å²) in [5, 5.41) is 7.37. The first-order chi connectivity index (χ1) is 14.2. The SMILES string of the molecule is CCOc1ccc(CCNC(=O)c2ccccc2NC(=O)C2=CSCCO2)cc1. The van der Waals surface area contributed by atoms with Crippen LogP contribution in [0.15, 0.2) is 59.7 Å². The average molecular weight is 413 g/mol. The van der Waals surface area contributed by atoms with Gasteiger partial charge in [0.1, 0.15) is 5.75 Å². The lowest BCUT2D eigenvalue weighted by molar-refractivity contribution is -0.116. The highest BCUT2D eigenvalue weighted by atomic mass is 32.2. The lowest BCUT2D eigenvalue weighted by Gasteiger charge is -2.15. The van der Waals surface area contributed by atoms with E-state index in [-0.39, 0.29) is 17.6 Å². The Labute approximate surface area is 174 Å². The van der Waals surface area contributed by atoms with Gasteiger partial charge in [0.2, 0.25) is 0 Å². The van der Waals surface area contributed by atoms with Crippen LogP contribution in [0.1, 0.15) is 22.8 Å². The van der Waals surface area contributed by atoms with Crippen LogP contribution in [0.4, 0.5) is 5.69 Å². The third-order valence-electron chi connectivity index (χ3n) is 4.23. The Bertz CT molecular complexity index is 881. The van der Waals surface area contributed by atoms with Crippen LogP contribution in [-0.4, -0.2) is 37.3 Å². The second-order valence-corrected chi connectivity index (χ2v) is 7.26. The number of ether oxygens (including phenoxy) is 2. The topological polar surface area (TPSA) is 76.7 Å². The summed E-state index contributed by atoms with van der Waals surface area (Å²) in [5.41, 5.74) is 1.97. The van der Waals surface area contributed by atoms with E-state index in [9.17, 15) is 9.59 Å². The summed E-state index contributed by atoms with van der Waals surface area (Å²) in [7, 11) is 0. The van der Waals surface area contributed by atoms with Gasteiger partial charge in [0.05, 0.1) is 24.5 Å². The van der Waals surface area contributed by atoms with Gasteiger partial charge < -0.3 is 20.1 Å². The van der Waals surface area contributed by atoms with Gasteiger partial charge in [0, 0.05) is 17.7 Å². The second kappa shape index (κ2) is 10.6. The molecule has 0 saturated heterocycles. The van der Waals surface area contributed by atoms with Crippen LogP contribution in [0.3, 0.4) is 0 Å². The largest absolute Gasteiger partial charge is 0.494 e. The van der Waals surface area contributed by atoms with Crippen LogP contribution in [0, 0.1) is 0 Å². The summed E-state index contributed by atoms with van der Waals surface area (Å²) in [6.45, 7) is 3.56. The van der Waals surface area contributed by atoms with E-state index in [0.29, 0.717) is 37.4 Å². The van der Waals surface area contributed by atoms with E-state index in [1.165, 1.54) is 11.8 Å². The first-order valence-electron chi connectivity index (χ1n) is 9.52. The number of carbonyl (C=O) groups is 2. The number of para-hydroxylation sites is 1. The first kappa shape index (κ1) is 20.8. The molecule has 1 aliphatic rings. The fourth-order valence-electron chi connectivity index (χ4n) is 2.80. The van der Waals surface area contributed by atoms with E-state index >= 15 is 0 Å². The Balaban J connectivity index is 1.56. The molecule has 0 spiro atoms. The Morgan fingerprint density at radius 1 is 1.10 bits per heavy atom. The normalized spacial score (nSPS) is 13.1. The molecule has 0 aliphatic carbocycles.